The van der Waals surface area contributed by atoms with E-state index in [2.05, 4.69) is 11.3 Å². The molecule has 0 bridgehead atoms. The molecule has 82 valence electrons. The van der Waals surface area contributed by atoms with E-state index in [1.54, 1.807) is 0 Å². The number of nitrogens with two attached hydrogens (primary N) is 1. The van der Waals surface area contributed by atoms with Gasteiger partial charge in [-0.2, -0.15) is 0 Å². The molecule has 0 aliphatic carbocycles. The van der Waals surface area contributed by atoms with Crippen molar-refractivity contribution in [3.8, 4) is 0 Å². The molecule has 1 atom stereocenters. The molecule has 0 saturated heterocycles. The summed E-state index contributed by atoms with van der Waals surface area (Å²) < 4.78 is 4.61. The number of carbonyl (C=O) groups is 1. The summed E-state index contributed by atoms with van der Waals surface area (Å²) in [5, 5.41) is 0. The van der Waals surface area contributed by atoms with E-state index in [0.29, 0.717) is 6.42 Å². The second-order valence-corrected chi connectivity index (χ2v) is 3.65. The predicted molar refractivity (Wildman–Crippen MR) is 57.9 cm³/mol. The number of hydrogen-bond acceptors (Lipinski definition) is 3. The van der Waals surface area contributed by atoms with Gasteiger partial charge in [-0.1, -0.05) is 13.0 Å². The number of unbranched alkanes of at least 4 members (excludes halogenated alkanes) is 1. The number of carbonyl (C=O) groups excluding carboxylic acids is 1. The van der Waals surface area contributed by atoms with Crippen LogP contribution in [0.15, 0.2) is 12.7 Å². The second-order valence-electron chi connectivity index (χ2n) is 3.65. The van der Waals surface area contributed by atoms with Crippen LogP contribution in [0.4, 0.5) is 0 Å². The van der Waals surface area contributed by atoms with Gasteiger partial charge in [-0.25, -0.2) is 0 Å². The normalized spacial score (nSPS) is 14.5. The highest BCUT2D eigenvalue weighted by Crippen LogP contribution is 2.20. The van der Waals surface area contributed by atoms with Gasteiger partial charge in [-0.05, 0) is 25.7 Å². The Morgan fingerprint density at radius 2 is 2.29 bits per heavy atom. The molecule has 3 heteroatoms. The van der Waals surface area contributed by atoms with Gasteiger partial charge in [-0.3, -0.25) is 4.79 Å². The Hall–Kier alpha value is -0.830. The third kappa shape index (κ3) is 5.02. The fourth-order valence-electron chi connectivity index (χ4n) is 1.35. The molecule has 3 nitrogen and oxygen atoms in total. The first-order valence-corrected chi connectivity index (χ1v) is 5.04. The van der Waals surface area contributed by atoms with Gasteiger partial charge >= 0.3 is 5.97 Å². The van der Waals surface area contributed by atoms with Gasteiger partial charge in [0.15, 0.2) is 0 Å². The molecule has 0 amide bonds. The highest BCUT2D eigenvalue weighted by Gasteiger charge is 2.25. The van der Waals surface area contributed by atoms with Crippen molar-refractivity contribution in [2.75, 3.05) is 7.11 Å². The van der Waals surface area contributed by atoms with Gasteiger partial charge in [0, 0.05) is 5.54 Å². The fraction of sp³-hybridized carbons (Fsp3) is 0.727. The summed E-state index contributed by atoms with van der Waals surface area (Å²) in [6, 6.07) is 0. The fourth-order valence-corrected chi connectivity index (χ4v) is 1.35. The summed E-state index contributed by atoms with van der Waals surface area (Å²) in [5.41, 5.74) is 5.67. The molecule has 0 radical (unpaired) electrons. The average Bonchev–Trinajstić information content (AvgIpc) is 2.18. The smallest absolute Gasteiger partial charge is 0.307 e. The molecular weight excluding hydrogens is 178 g/mol. The standard InChI is InChI=1S/C11H21NO2/c1-4-6-7-8-11(12,5-2)9-10(13)14-3/h4H,1,5-9,12H2,2-3H3. The molecule has 14 heavy (non-hydrogen) atoms. The number of esters is 1. The second kappa shape index (κ2) is 6.60. The third-order valence-electron chi connectivity index (χ3n) is 2.51. The van der Waals surface area contributed by atoms with Crippen molar-refractivity contribution in [3.05, 3.63) is 12.7 Å². The molecular formula is C11H21NO2. The van der Waals surface area contributed by atoms with E-state index in [1.165, 1.54) is 7.11 Å². The topological polar surface area (TPSA) is 52.3 Å². The van der Waals surface area contributed by atoms with E-state index in [4.69, 9.17) is 5.73 Å². The largest absolute Gasteiger partial charge is 0.469 e. The Morgan fingerprint density at radius 3 is 2.71 bits per heavy atom. The van der Waals surface area contributed by atoms with Crippen molar-refractivity contribution in [1.82, 2.24) is 0 Å². The lowest BCUT2D eigenvalue weighted by atomic mass is 9.87. The molecule has 0 heterocycles. The van der Waals surface area contributed by atoms with Crippen LogP contribution in [0.3, 0.4) is 0 Å². The van der Waals surface area contributed by atoms with Gasteiger partial charge in [0.2, 0.25) is 0 Å². The maximum atomic E-state index is 11.1. The Morgan fingerprint density at radius 1 is 1.64 bits per heavy atom. The van der Waals surface area contributed by atoms with Gasteiger partial charge in [0.05, 0.1) is 13.5 Å². The number of rotatable bonds is 7. The van der Waals surface area contributed by atoms with Gasteiger partial charge < -0.3 is 10.5 Å². The quantitative estimate of drug-likeness (QED) is 0.387. The van der Waals surface area contributed by atoms with Crippen LogP contribution in [0.2, 0.25) is 0 Å². The van der Waals surface area contributed by atoms with Crippen LogP contribution in [0, 0.1) is 0 Å². The Labute approximate surface area is 86.3 Å². The molecule has 0 aliphatic rings. The summed E-state index contributed by atoms with van der Waals surface area (Å²) in [6.45, 7) is 5.65. The van der Waals surface area contributed by atoms with Gasteiger partial charge in [-0.15, -0.1) is 6.58 Å². The monoisotopic (exact) mass is 199 g/mol. The molecule has 0 aromatic carbocycles. The highest BCUT2D eigenvalue weighted by atomic mass is 16.5. The van der Waals surface area contributed by atoms with Crippen molar-refractivity contribution < 1.29 is 9.53 Å². The van der Waals surface area contributed by atoms with Crippen LogP contribution in [0.5, 0.6) is 0 Å². The minimum atomic E-state index is -0.407. The van der Waals surface area contributed by atoms with Gasteiger partial charge in [0.1, 0.15) is 0 Å². The van der Waals surface area contributed by atoms with Crippen molar-refractivity contribution in [1.29, 1.82) is 0 Å². The molecule has 0 fully saturated rings. The Balaban J connectivity index is 4.03. The molecule has 1 unspecified atom stereocenters. The summed E-state index contributed by atoms with van der Waals surface area (Å²) in [7, 11) is 1.39. The van der Waals surface area contributed by atoms with E-state index < -0.39 is 5.54 Å². The van der Waals surface area contributed by atoms with E-state index in [0.717, 1.165) is 25.7 Å². The Bertz CT molecular complexity index is 192. The van der Waals surface area contributed by atoms with Crippen LogP contribution < -0.4 is 5.73 Å². The van der Waals surface area contributed by atoms with E-state index in [-0.39, 0.29) is 5.97 Å². The zero-order valence-electron chi connectivity index (χ0n) is 9.21. The Kier molecular flexibility index (Phi) is 6.21. The molecule has 0 rings (SSSR count). The summed E-state index contributed by atoms with van der Waals surface area (Å²) in [5.74, 6) is -0.229. The summed E-state index contributed by atoms with van der Waals surface area (Å²) in [4.78, 5) is 11.1. The lowest BCUT2D eigenvalue weighted by Gasteiger charge is -2.26. The molecule has 0 spiro atoms. The van der Waals surface area contributed by atoms with E-state index in [9.17, 15) is 4.79 Å². The van der Waals surface area contributed by atoms with Crippen LogP contribution in [0.1, 0.15) is 39.0 Å². The van der Waals surface area contributed by atoms with Crippen molar-refractivity contribution in [3.63, 3.8) is 0 Å². The SMILES string of the molecule is C=CCCCC(N)(CC)CC(=O)OC. The van der Waals surface area contributed by atoms with Crippen LogP contribution in [0.25, 0.3) is 0 Å². The van der Waals surface area contributed by atoms with Crippen LogP contribution in [-0.4, -0.2) is 18.6 Å². The number of ether oxygens (including phenoxy) is 1. The zero-order chi connectivity index (χ0) is 11.0. The van der Waals surface area contributed by atoms with Crippen molar-refractivity contribution in [2.45, 2.75) is 44.6 Å². The summed E-state index contributed by atoms with van der Waals surface area (Å²) in [6.07, 6.45) is 5.72. The number of allylic oxidation sites excluding steroid dienone is 1. The molecule has 0 aromatic heterocycles. The van der Waals surface area contributed by atoms with E-state index in [1.807, 2.05) is 13.0 Å². The van der Waals surface area contributed by atoms with Crippen LogP contribution in [-0.2, 0) is 9.53 Å². The first-order chi connectivity index (χ1) is 6.58. The van der Waals surface area contributed by atoms with E-state index >= 15 is 0 Å². The maximum Gasteiger partial charge on any atom is 0.307 e. The summed E-state index contributed by atoms with van der Waals surface area (Å²) >= 11 is 0. The average molecular weight is 199 g/mol. The van der Waals surface area contributed by atoms with Crippen LogP contribution >= 0.6 is 0 Å². The maximum absolute atomic E-state index is 11.1. The lowest BCUT2D eigenvalue weighted by molar-refractivity contribution is -0.142. The van der Waals surface area contributed by atoms with Crippen molar-refractivity contribution >= 4 is 5.97 Å². The first kappa shape index (κ1) is 13.2. The minimum Gasteiger partial charge on any atom is -0.469 e. The van der Waals surface area contributed by atoms with Gasteiger partial charge in [0.25, 0.3) is 0 Å². The molecule has 0 aliphatic heterocycles. The highest BCUT2D eigenvalue weighted by molar-refractivity contribution is 5.70. The third-order valence-corrected chi connectivity index (χ3v) is 2.51. The molecule has 0 saturated carbocycles. The lowest BCUT2D eigenvalue weighted by Crippen LogP contribution is -2.41. The predicted octanol–water partition coefficient (Wildman–Crippen LogP) is 2.01. The number of hydrogen-bond donors (Lipinski definition) is 1. The minimum absolute atomic E-state index is 0.229. The number of methoxy groups -OCH3 is 1. The molecule has 2 N–H and O–H groups in total. The van der Waals surface area contributed by atoms with Crippen molar-refractivity contribution in [2.24, 2.45) is 5.73 Å². The molecule has 0 aromatic rings. The first-order valence-electron chi connectivity index (χ1n) is 5.04. The zero-order valence-corrected chi connectivity index (χ0v) is 9.21.